The van der Waals surface area contributed by atoms with Gasteiger partial charge in [-0.1, -0.05) is 18.2 Å². The number of likely N-dealkylation sites (tertiary alicyclic amines) is 2. The lowest BCUT2D eigenvalue weighted by atomic mass is 9.77. The summed E-state index contributed by atoms with van der Waals surface area (Å²) in [5.74, 6) is 0.216. The zero-order valence-corrected chi connectivity index (χ0v) is 23.1. The number of rotatable bonds is 8. The number of carbonyl (C=O) groups is 2. The van der Waals surface area contributed by atoms with Gasteiger partial charge >= 0.3 is 6.09 Å². The summed E-state index contributed by atoms with van der Waals surface area (Å²) in [5.41, 5.74) is 0.652. The molecule has 3 heterocycles. The molecule has 2 aliphatic heterocycles. The first-order valence-corrected chi connectivity index (χ1v) is 14.7. The van der Waals surface area contributed by atoms with Crippen molar-refractivity contribution < 1.29 is 22.7 Å². The summed E-state index contributed by atoms with van der Waals surface area (Å²) in [7, 11) is -1.85. The molecule has 2 aromatic rings. The van der Waals surface area contributed by atoms with E-state index in [0.29, 0.717) is 11.4 Å². The Morgan fingerprint density at radius 1 is 1.14 bits per heavy atom. The van der Waals surface area contributed by atoms with Gasteiger partial charge in [0.1, 0.15) is 0 Å². The second-order valence-electron chi connectivity index (χ2n) is 9.51. The Morgan fingerprint density at radius 3 is 2.39 bits per heavy atom. The van der Waals surface area contributed by atoms with Gasteiger partial charge in [0, 0.05) is 30.8 Å². The van der Waals surface area contributed by atoms with E-state index in [0.717, 1.165) is 62.3 Å². The van der Waals surface area contributed by atoms with Crippen LogP contribution in [0.2, 0.25) is 0 Å². The van der Waals surface area contributed by atoms with Gasteiger partial charge in [0.05, 0.1) is 23.5 Å². The minimum Gasteiger partial charge on any atom is -0.453 e. The van der Waals surface area contributed by atoms with Gasteiger partial charge in [-0.25, -0.2) is 13.2 Å². The Kier molecular flexibility index (Phi) is 9.43. The van der Waals surface area contributed by atoms with Crippen molar-refractivity contribution in [2.24, 2.45) is 5.41 Å². The SMILES string of the molecule is COC(=O)NC(CCN1CCC2(CC1)CCN(Cc1ccc(S(C)(=O)=O)cc1)C2=O)c1cccs1.Cl. The zero-order valence-electron chi connectivity index (χ0n) is 20.6. The van der Waals surface area contributed by atoms with Crippen LogP contribution in [0, 0.1) is 5.41 Å². The largest absolute Gasteiger partial charge is 0.453 e. The number of hydrogen-bond donors (Lipinski definition) is 1. The van der Waals surface area contributed by atoms with E-state index in [-0.39, 0.29) is 29.8 Å². The third-order valence-electron chi connectivity index (χ3n) is 7.24. The third-order valence-corrected chi connectivity index (χ3v) is 9.35. The lowest BCUT2D eigenvalue weighted by Crippen LogP contribution is -2.45. The number of ether oxygens (including phenoxy) is 1. The fourth-order valence-corrected chi connectivity index (χ4v) is 6.51. The van der Waals surface area contributed by atoms with Gasteiger partial charge in [0.15, 0.2) is 9.84 Å². The van der Waals surface area contributed by atoms with E-state index in [1.54, 1.807) is 35.6 Å². The lowest BCUT2D eigenvalue weighted by Gasteiger charge is -2.38. The Morgan fingerprint density at radius 2 is 1.81 bits per heavy atom. The summed E-state index contributed by atoms with van der Waals surface area (Å²) in [6.07, 6.45) is 4.09. The van der Waals surface area contributed by atoms with Crippen LogP contribution in [0.5, 0.6) is 0 Å². The van der Waals surface area contributed by atoms with Crippen LogP contribution in [-0.2, 0) is 25.9 Å². The number of alkyl carbamates (subject to hydrolysis) is 1. The second kappa shape index (κ2) is 11.9. The molecule has 1 aromatic carbocycles. The van der Waals surface area contributed by atoms with Crippen molar-refractivity contribution in [1.29, 1.82) is 0 Å². The molecule has 36 heavy (non-hydrogen) atoms. The summed E-state index contributed by atoms with van der Waals surface area (Å²) in [4.78, 5) is 30.8. The van der Waals surface area contributed by atoms with Gasteiger partial charge < -0.3 is 19.9 Å². The third kappa shape index (κ3) is 6.59. The summed E-state index contributed by atoms with van der Waals surface area (Å²) < 4.78 is 28.2. The Labute approximate surface area is 223 Å². The maximum absolute atomic E-state index is 13.3. The first-order chi connectivity index (χ1) is 16.7. The van der Waals surface area contributed by atoms with Crippen LogP contribution in [0.3, 0.4) is 0 Å². The molecule has 2 amide bonds. The number of amides is 2. The van der Waals surface area contributed by atoms with Crippen molar-refractivity contribution >= 4 is 45.6 Å². The summed E-state index contributed by atoms with van der Waals surface area (Å²) >= 11 is 1.62. The molecule has 1 unspecified atom stereocenters. The normalized spacial score (nSPS) is 18.6. The van der Waals surface area contributed by atoms with Crippen molar-refractivity contribution in [3.05, 3.63) is 52.2 Å². The number of nitrogens with one attached hydrogen (secondary N) is 1. The van der Waals surface area contributed by atoms with Gasteiger partial charge in [-0.05, 0) is 67.9 Å². The van der Waals surface area contributed by atoms with Crippen molar-refractivity contribution in [2.75, 3.05) is 39.5 Å². The average Bonchev–Trinajstić information content (AvgIpc) is 3.48. The van der Waals surface area contributed by atoms with E-state index < -0.39 is 15.9 Å². The molecule has 0 radical (unpaired) electrons. The molecule has 1 atom stereocenters. The van der Waals surface area contributed by atoms with Crippen molar-refractivity contribution in [1.82, 2.24) is 15.1 Å². The molecule has 0 bridgehead atoms. The Bertz CT molecular complexity index is 1130. The number of hydrogen-bond acceptors (Lipinski definition) is 7. The number of thiophene rings is 1. The highest BCUT2D eigenvalue weighted by Crippen LogP contribution is 2.42. The monoisotopic (exact) mass is 555 g/mol. The molecule has 1 aromatic heterocycles. The number of halogens is 1. The topological polar surface area (TPSA) is 96.0 Å². The number of piperidine rings is 1. The van der Waals surface area contributed by atoms with Gasteiger partial charge in [0.25, 0.3) is 0 Å². The fraction of sp³-hybridized carbons (Fsp3) is 0.520. The molecule has 198 valence electrons. The van der Waals surface area contributed by atoms with Crippen LogP contribution in [0.25, 0.3) is 0 Å². The van der Waals surface area contributed by atoms with Gasteiger partial charge in [0.2, 0.25) is 5.91 Å². The van der Waals surface area contributed by atoms with Crippen LogP contribution < -0.4 is 5.32 Å². The molecule has 2 fully saturated rings. The number of carbonyl (C=O) groups excluding carboxylic acids is 2. The van der Waals surface area contributed by atoms with Gasteiger partial charge in [-0.3, -0.25) is 4.79 Å². The molecular weight excluding hydrogens is 522 g/mol. The van der Waals surface area contributed by atoms with Crippen LogP contribution in [-0.4, -0.2) is 69.8 Å². The molecular formula is C25H34ClN3O5S2. The molecule has 2 saturated heterocycles. The first-order valence-electron chi connectivity index (χ1n) is 11.9. The van der Waals surface area contributed by atoms with E-state index in [1.165, 1.54) is 13.4 Å². The number of nitrogens with zero attached hydrogens (tertiary/aromatic N) is 2. The Hall–Kier alpha value is -2.14. The fourth-order valence-electron chi connectivity index (χ4n) is 5.06. The maximum Gasteiger partial charge on any atom is 0.407 e. The van der Waals surface area contributed by atoms with Crippen LogP contribution in [0.15, 0.2) is 46.7 Å². The van der Waals surface area contributed by atoms with E-state index in [2.05, 4.69) is 10.2 Å². The second-order valence-corrected chi connectivity index (χ2v) is 12.5. The van der Waals surface area contributed by atoms with E-state index >= 15 is 0 Å². The molecule has 1 spiro atoms. The number of sulfone groups is 1. The highest BCUT2D eigenvalue weighted by molar-refractivity contribution is 7.90. The summed E-state index contributed by atoms with van der Waals surface area (Å²) in [6.45, 7) is 3.80. The van der Waals surface area contributed by atoms with Crippen LogP contribution in [0.1, 0.15) is 42.2 Å². The quantitative estimate of drug-likeness (QED) is 0.531. The summed E-state index contributed by atoms with van der Waals surface area (Å²) in [5, 5.41) is 4.94. The standard InChI is InChI=1S/C25H33N3O5S2.ClH/c1-33-24(30)26-21(22-4-3-17-34-22)9-13-27-14-10-25(11-15-27)12-16-28(23(25)29)18-19-5-7-20(8-6-19)35(2,31)32;/h3-8,17,21H,9-16,18H2,1-2H3,(H,26,30);1H. The molecule has 0 aliphatic carbocycles. The molecule has 2 aliphatic rings. The predicted octanol–water partition coefficient (Wildman–Crippen LogP) is 3.88. The van der Waals surface area contributed by atoms with Crippen LogP contribution in [0.4, 0.5) is 4.79 Å². The van der Waals surface area contributed by atoms with E-state index in [1.807, 2.05) is 22.4 Å². The maximum atomic E-state index is 13.3. The minimum absolute atomic E-state index is 0. The number of benzene rings is 1. The Balaban J connectivity index is 0.00000361. The zero-order chi connectivity index (χ0) is 25.1. The van der Waals surface area contributed by atoms with E-state index in [4.69, 9.17) is 4.74 Å². The first kappa shape index (κ1) is 28.4. The molecule has 1 N–H and O–H groups in total. The van der Waals surface area contributed by atoms with E-state index in [9.17, 15) is 18.0 Å². The summed E-state index contributed by atoms with van der Waals surface area (Å²) in [6, 6.07) is 10.7. The molecule has 8 nitrogen and oxygen atoms in total. The molecule has 11 heteroatoms. The lowest BCUT2D eigenvalue weighted by molar-refractivity contribution is -0.138. The molecule has 4 rings (SSSR count). The predicted molar refractivity (Wildman–Crippen MR) is 142 cm³/mol. The average molecular weight is 556 g/mol. The van der Waals surface area contributed by atoms with Crippen LogP contribution >= 0.6 is 23.7 Å². The highest BCUT2D eigenvalue weighted by Gasteiger charge is 2.47. The van der Waals surface area contributed by atoms with Crippen molar-refractivity contribution in [3.8, 4) is 0 Å². The minimum atomic E-state index is -3.23. The number of methoxy groups -OCH3 is 1. The smallest absolute Gasteiger partial charge is 0.407 e. The van der Waals surface area contributed by atoms with Crippen molar-refractivity contribution in [2.45, 2.75) is 43.2 Å². The van der Waals surface area contributed by atoms with Gasteiger partial charge in [-0.15, -0.1) is 23.7 Å². The van der Waals surface area contributed by atoms with Crippen molar-refractivity contribution in [3.63, 3.8) is 0 Å². The highest BCUT2D eigenvalue weighted by atomic mass is 35.5. The molecule has 0 saturated carbocycles. The van der Waals surface area contributed by atoms with Gasteiger partial charge in [-0.2, -0.15) is 0 Å².